The second kappa shape index (κ2) is 6.00. The molecule has 0 saturated heterocycles. The van der Waals surface area contributed by atoms with Gasteiger partial charge in [-0.1, -0.05) is 35.9 Å². The topological polar surface area (TPSA) is 50.5 Å². The third kappa shape index (κ3) is 3.00. The van der Waals surface area contributed by atoms with Gasteiger partial charge < -0.3 is 4.42 Å². The summed E-state index contributed by atoms with van der Waals surface area (Å²) in [4.78, 5) is 0.162. The van der Waals surface area contributed by atoms with Crippen molar-refractivity contribution < 1.29 is 12.8 Å². The highest BCUT2D eigenvalue weighted by atomic mass is 35.5. The van der Waals surface area contributed by atoms with Crippen molar-refractivity contribution in [3.05, 3.63) is 65.4 Å². The summed E-state index contributed by atoms with van der Waals surface area (Å²) in [6.45, 7) is 1.79. The lowest BCUT2D eigenvalue weighted by Crippen LogP contribution is -2.29. The van der Waals surface area contributed by atoms with Crippen molar-refractivity contribution in [2.45, 2.75) is 17.9 Å². The van der Waals surface area contributed by atoms with Crippen LogP contribution in [0, 0.1) is 0 Å². The number of halogens is 1. The molecule has 0 aliphatic rings. The Bertz CT molecular complexity index is 916. The van der Waals surface area contributed by atoms with Crippen molar-refractivity contribution in [3.8, 4) is 0 Å². The first kappa shape index (κ1) is 16.1. The van der Waals surface area contributed by atoms with Gasteiger partial charge in [0.1, 0.15) is 11.3 Å². The average molecular weight is 350 g/mol. The van der Waals surface area contributed by atoms with Crippen LogP contribution >= 0.6 is 11.6 Å². The number of rotatable bonds is 4. The lowest BCUT2D eigenvalue weighted by Gasteiger charge is -2.22. The van der Waals surface area contributed by atoms with E-state index in [1.54, 1.807) is 19.1 Å². The minimum atomic E-state index is -3.66. The highest BCUT2D eigenvalue weighted by molar-refractivity contribution is 7.89. The van der Waals surface area contributed by atoms with Gasteiger partial charge in [0.05, 0.1) is 10.9 Å². The second-order valence-electron chi connectivity index (χ2n) is 5.34. The van der Waals surface area contributed by atoms with E-state index < -0.39 is 16.1 Å². The van der Waals surface area contributed by atoms with Crippen LogP contribution < -0.4 is 0 Å². The van der Waals surface area contributed by atoms with Gasteiger partial charge in [0.15, 0.2) is 0 Å². The minimum absolute atomic E-state index is 0.162. The molecule has 0 radical (unpaired) electrons. The summed E-state index contributed by atoms with van der Waals surface area (Å²) in [5.74, 6) is 0.597. The predicted molar refractivity (Wildman–Crippen MR) is 91.0 cm³/mol. The number of para-hydroxylation sites is 1. The Balaban J connectivity index is 1.96. The van der Waals surface area contributed by atoms with E-state index in [0.29, 0.717) is 10.8 Å². The van der Waals surface area contributed by atoms with E-state index in [-0.39, 0.29) is 4.90 Å². The van der Waals surface area contributed by atoms with Gasteiger partial charge in [-0.3, -0.25) is 0 Å². The number of hydrogen-bond acceptors (Lipinski definition) is 3. The number of hydrogen-bond donors (Lipinski definition) is 0. The van der Waals surface area contributed by atoms with Crippen molar-refractivity contribution in [2.75, 3.05) is 7.05 Å². The maximum atomic E-state index is 12.7. The van der Waals surface area contributed by atoms with Gasteiger partial charge in [0.2, 0.25) is 10.0 Å². The molecule has 0 amide bonds. The molecule has 0 aliphatic heterocycles. The zero-order valence-corrected chi connectivity index (χ0v) is 14.3. The number of benzene rings is 2. The molecule has 0 unspecified atom stereocenters. The van der Waals surface area contributed by atoms with E-state index in [9.17, 15) is 8.42 Å². The molecule has 120 valence electrons. The van der Waals surface area contributed by atoms with Crippen molar-refractivity contribution in [1.29, 1.82) is 0 Å². The Morgan fingerprint density at radius 1 is 1.09 bits per heavy atom. The van der Waals surface area contributed by atoms with Crippen molar-refractivity contribution in [1.82, 2.24) is 4.31 Å². The van der Waals surface area contributed by atoms with Crippen LogP contribution in [0.3, 0.4) is 0 Å². The van der Waals surface area contributed by atoms with E-state index in [1.165, 1.54) is 23.5 Å². The Labute approximate surface area is 140 Å². The van der Waals surface area contributed by atoms with Crippen molar-refractivity contribution >= 4 is 32.6 Å². The summed E-state index contributed by atoms with van der Waals surface area (Å²) in [6, 6.07) is 15.2. The fourth-order valence-corrected chi connectivity index (χ4v) is 4.02. The normalized spacial score (nSPS) is 13.6. The van der Waals surface area contributed by atoms with Gasteiger partial charge in [-0.15, -0.1) is 0 Å². The zero-order valence-electron chi connectivity index (χ0n) is 12.7. The van der Waals surface area contributed by atoms with Gasteiger partial charge in [-0.2, -0.15) is 4.31 Å². The lowest BCUT2D eigenvalue weighted by atomic mass is 10.2. The number of nitrogens with zero attached hydrogens (tertiary/aromatic N) is 1. The van der Waals surface area contributed by atoms with Gasteiger partial charge in [0.25, 0.3) is 0 Å². The number of fused-ring (bicyclic) bond motifs is 1. The van der Waals surface area contributed by atoms with Crippen LogP contribution in [0.25, 0.3) is 11.0 Å². The molecule has 3 aromatic rings. The summed E-state index contributed by atoms with van der Waals surface area (Å²) in [6.07, 6.45) is 0. The van der Waals surface area contributed by atoms with Gasteiger partial charge in [-0.25, -0.2) is 8.42 Å². The Kier molecular flexibility index (Phi) is 4.19. The number of sulfonamides is 1. The largest absolute Gasteiger partial charge is 0.459 e. The molecule has 2 aromatic carbocycles. The Morgan fingerprint density at radius 3 is 2.52 bits per heavy atom. The first-order valence-corrected chi connectivity index (χ1v) is 8.93. The highest BCUT2D eigenvalue weighted by Gasteiger charge is 2.28. The molecule has 23 heavy (non-hydrogen) atoms. The van der Waals surface area contributed by atoms with E-state index in [4.69, 9.17) is 16.0 Å². The van der Waals surface area contributed by atoms with Crippen LogP contribution in [-0.4, -0.2) is 19.8 Å². The van der Waals surface area contributed by atoms with Crippen LogP contribution in [0.2, 0.25) is 5.02 Å². The quantitative estimate of drug-likeness (QED) is 0.698. The molecule has 0 bridgehead atoms. The maximum absolute atomic E-state index is 12.7. The van der Waals surface area contributed by atoms with Gasteiger partial charge in [0, 0.05) is 17.5 Å². The monoisotopic (exact) mass is 349 g/mol. The molecule has 0 saturated carbocycles. The van der Waals surface area contributed by atoms with Crippen molar-refractivity contribution in [3.63, 3.8) is 0 Å². The fraction of sp³-hybridized carbons (Fsp3) is 0.176. The zero-order chi connectivity index (χ0) is 16.6. The average Bonchev–Trinajstić information content (AvgIpc) is 2.97. The molecular formula is C17H16ClNO3S. The molecule has 0 spiro atoms. The van der Waals surface area contributed by atoms with E-state index in [2.05, 4.69) is 0 Å². The molecule has 0 aliphatic carbocycles. The maximum Gasteiger partial charge on any atom is 0.243 e. The summed E-state index contributed by atoms with van der Waals surface area (Å²) < 4.78 is 32.5. The third-order valence-electron chi connectivity index (χ3n) is 3.87. The molecule has 1 heterocycles. The first-order valence-electron chi connectivity index (χ1n) is 7.11. The number of furan rings is 1. The molecule has 0 N–H and O–H groups in total. The summed E-state index contributed by atoms with van der Waals surface area (Å²) >= 11 is 5.90. The smallest absolute Gasteiger partial charge is 0.243 e. The molecule has 4 nitrogen and oxygen atoms in total. The van der Waals surface area contributed by atoms with Crippen LogP contribution in [0.1, 0.15) is 18.7 Å². The van der Waals surface area contributed by atoms with Gasteiger partial charge in [-0.05, 0) is 37.3 Å². The Morgan fingerprint density at radius 2 is 1.83 bits per heavy atom. The third-order valence-corrected chi connectivity index (χ3v) is 6.03. The van der Waals surface area contributed by atoms with Crippen LogP contribution in [0.15, 0.2) is 63.9 Å². The standard InChI is InChI=1S/C17H16ClNO3S/c1-12(17-10-13-6-3-4-9-16(13)22-17)19(2)23(20,21)15-8-5-7-14(18)11-15/h3-12H,1-2H3/t12-/m1/s1. The molecule has 1 aromatic heterocycles. The lowest BCUT2D eigenvalue weighted by molar-refractivity contribution is 0.348. The molecule has 3 rings (SSSR count). The Hall–Kier alpha value is -1.82. The summed E-state index contributed by atoms with van der Waals surface area (Å²) in [5, 5.41) is 1.33. The van der Waals surface area contributed by atoms with E-state index in [1.807, 2.05) is 30.3 Å². The first-order chi connectivity index (χ1) is 10.9. The van der Waals surface area contributed by atoms with Crippen LogP contribution in [0.4, 0.5) is 0 Å². The molecule has 0 fully saturated rings. The molecule has 6 heteroatoms. The van der Waals surface area contributed by atoms with Crippen molar-refractivity contribution in [2.24, 2.45) is 0 Å². The second-order valence-corrected chi connectivity index (χ2v) is 7.78. The van der Waals surface area contributed by atoms with Crippen LogP contribution in [-0.2, 0) is 10.0 Å². The van der Waals surface area contributed by atoms with E-state index in [0.717, 1.165) is 11.0 Å². The molecular weight excluding hydrogens is 334 g/mol. The minimum Gasteiger partial charge on any atom is -0.459 e. The summed E-state index contributed by atoms with van der Waals surface area (Å²) in [7, 11) is -2.12. The van der Waals surface area contributed by atoms with E-state index >= 15 is 0 Å². The fourth-order valence-electron chi connectivity index (χ4n) is 2.39. The SMILES string of the molecule is C[C@H](c1cc2ccccc2o1)N(C)S(=O)(=O)c1cccc(Cl)c1. The predicted octanol–water partition coefficient (Wildman–Crippen LogP) is 4.47. The summed E-state index contributed by atoms with van der Waals surface area (Å²) in [5.41, 5.74) is 0.739. The highest BCUT2D eigenvalue weighted by Crippen LogP contribution is 2.30. The van der Waals surface area contributed by atoms with Crippen LogP contribution in [0.5, 0.6) is 0 Å². The molecule has 1 atom stereocenters. The van der Waals surface area contributed by atoms with Gasteiger partial charge >= 0.3 is 0 Å².